The first-order valence-corrected chi connectivity index (χ1v) is 19.5. The monoisotopic (exact) mass is 736 g/mol. The van der Waals surface area contributed by atoms with Gasteiger partial charge in [0.1, 0.15) is 24.2 Å². The van der Waals surface area contributed by atoms with Crippen LogP contribution in [0.25, 0.3) is 0 Å². The molecule has 0 aromatic carbocycles. The van der Waals surface area contributed by atoms with Gasteiger partial charge in [0.2, 0.25) is 29.5 Å². The zero-order valence-electron chi connectivity index (χ0n) is 34.1. The fraction of sp³-hybridized carbons (Fsp3) is 0.846. The number of aliphatic hydroxyl groups is 1. The summed E-state index contributed by atoms with van der Waals surface area (Å²) in [5.74, 6) is -2.98. The summed E-state index contributed by atoms with van der Waals surface area (Å²) in [4.78, 5) is 87.7. The minimum atomic E-state index is -1.41. The van der Waals surface area contributed by atoms with E-state index in [1.54, 1.807) is 20.9 Å². The fourth-order valence-electron chi connectivity index (χ4n) is 7.37. The number of imide groups is 1. The van der Waals surface area contributed by atoms with Crippen LogP contribution in [0.1, 0.15) is 133 Å². The topological polar surface area (TPSA) is 157 Å². The molecule has 2 N–H and O–H groups in total. The van der Waals surface area contributed by atoms with Crippen molar-refractivity contribution in [2.24, 2.45) is 11.8 Å². The summed E-state index contributed by atoms with van der Waals surface area (Å²) in [5, 5.41) is 13.6. The maximum atomic E-state index is 14.5. The van der Waals surface area contributed by atoms with Crippen LogP contribution in [0.3, 0.4) is 0 Å². The molecule has 52 heavy (non-hydrogen) atoms. The highest BCUT2D eigenvalue weighted by Gasteiger charge is 2.49. The number of ether oxygens (including phenoxy) is 1. The Labute approximate surface area is 312 Å². The molecule has 0 radical (unpaired) electrons. The third kappa shape index (κ3) is 12.2. The SMILES string of the molecule is CCCCCCCC(=O)N(C)[C@@H](CC(C)C)C(=O)N[C@H](C(=O)N(C)[C@H](C(=O)N1C[C@@H](OC(C)(C)C)C[C@@H]1C(=O)N1C(=O)CC[C@H]1C)C(C)C)[C@@H](C)O. The summed E-state index contributed by atoms with van der Waals surface area (Å²) >= 11 is 0. The van der Waals surface area contributed by atoms with Crippen LogP contribution in [-0.2, 0) is 33.5 Å². The van der Waals surface area contributed by atoms with Crippen molar-refractivity contribution < 1.29 is 38.6 Å². The third-order valence-electron chi connectivity index (χ3n) is 10.1. The van der Waals surface area contributed by atoms with E-state index in [0.717, 1.165) is 32.1 Å². The average Bonchev–Trinajstić information content (AvgIpc) is 3.61. The van der Waals surface area contributed by atoms with Gasteiger partial charge in [0.15, 0.2) is 0 Å². The molecule has 2 heterocycles. The third-order valence-corrected chi connectivity index (χ3v) is 10.1. The summed E-state index contributed by atoms with van der Waals surface area (Å²) in [6.45, 7) is 18.6. The zero-order valence-corrected chi connectivity index (χ0v) is 34.1. The van der Waals surface area contributed by atoms with E-state index in [0.29, 0.717) is 19.3 Å². The number of nitrogens with zero attached hydrogens (tertiary/aromatic N) is 4. The number of carbonyl (C=O) groups excluding carboxylic acids is 6. The largest absolute Gasteiger partial charge is 0.391 e. The standard InChI is InChI=1S/C39H69N5O8/c1-13-14-15-16-17-18-31(46)41(11)29(21-24(2)3)35(48)40-33(27(7)45)37(50)42(12)34(25(4)5)38(51)43-23-28(52-39(8,9)10)22-30(43)36(49)44-26(6)19-20-32(44)47/h24-30,33-34,45H,13-23H2,1-12H3,(H,40,48)/t26-,27-,28+,29+,30-,33+,34+/m1/s1. The van der Waals surface area contributed by atoms with Crippen molar-refractivity contribution >= 4 is 35.4 Å². The molecule has 2 rings (SSSR count). The molecule has 2 aliphatic rings. The second-order valence-electron chi connectivity index (χ2n) is 16.8. The lowest BCUT2D eigenvalue weighted by Crippen LogP contribution is -2.62. The van der Waals surface area contributed by atoms with Crippen molar-refractivity contribution in [2.75, 3.05) is 20.6 Å². The van der Waals surface area contributed by atoms with Crippen LogP contribution in [-0.4, -0.2) is 129 Å². The first-order chi connectivity index (χ1) is 24.1. The summed E-state index contributed by atoms with van der Waals surface area (Å²) in [6, 6.07) is -4.59. The predicted octanol–water partition coefficient (Wildman–Crippen LogP) is 3.89. The number of hydrogen-bond donors (Lipinski definition) is 2. The first-order valence-electron chi connectivity index (χ1n) is 19.5. The Bertz CT molecular complexity index is 1250. The molecule has 2 fully saturated rings. The number of carbonyl (C=O) groups is 6. The Morgan fingerprint density at radius 1 is 0.981 bits per heavy atom. The molecule has 298 valence electrons. The highest BCUT2D eigenvalue weighted by atomic mass is 16.5. The Balaban J connectivity index is 2.35. The molecule has 13 heteroatoms. The van der Waals surface area contributed by atoms with Gasteiger partial charge in [-0.2, -0.15) is 0 Å². The maximum absolute atomic E-state index is 14.5. The zero-order chi connectivity index (χ0) is 39.7. The minimum Gasteiger partial charge on any atom is -0.391 e. The lowest BCUT2D eigenvalue weighted by molar-refractivity contribution is -0.155. The number of nitrogens with one attached hydrogen (secondary N) is 1. The van der Waals surface area contributed by atoms with Crippen molar-refractivity contribution in [1.82, 2.24) is 24.9 Å². The van der Waals surface area contributed by atoms with Crippen LogP contribution in [0.2, 0.25) is 0 Å². The van der Waals surface area contributed by atoms with Crippen LogP contribution in [0.15, 0.2) is 0 Å². The first kappa shape index (κ1) is 45.1. The van der Waals surface area contributed by atoms with Gasteiger partial charge in [0.05, 0.1) is 17.8 Å². The quantitative estimate of drug-likeness (QED) is 0.159. The van der Waals surface area contributed by atoms with Crippen molar-refractivity contribution in [3.8, 4) is 0 Å². The van der Waals surface area contributed by atoms with E-state index in [4.69, 9.17) is 4.74 Å². The Kier molecular flexibility index (Phi) is 17.2. The summed E-state index contributed by atoms with van der Waals surface area (Å²) < 4.78 is 6.22. The highest BCUT2D eigenvalue weighted by Crippen LogP contribution is 2.31. The summed E-state index contributed by atoms with van der Waals surface area (Å²) in [6.07, 6.45) is 4.79. The average molecular weight is 736 g/mol. The van der Waals surface area contributed by atoms with Crippen molar-refractivity contribution in [3.05, 3.63) is 0 Å². The fourth-order valence-corrected chi connectivity index (χ4v) is 7.37. The van der Waals surface area contributed by atoms with Gasteiger partial charge >= 0.3 is 0 Å². The van der Waals surface area contributed by atoms with Crippen molar-refractivity contribution in [2.45, 2.75) is 181 Å². The number of aliphatic hydroxyl groups excluding tert-OH is 1. The molecule has 2 aliphatic heterocycles. The van der Waals surface area contributed by atoms with E-state index in [-0.39, 0.29) is 43.2 Å². The van der Waals surface area contributed by atoms with Gasteiger partial charge in [-0.05, 0) is 65.7 Å². The van der Waals surface area contributed by atoms with Crippen LogP contribution in [0.4, 0.5) is 0 Å². The molecule has 13 nitrogen and oxygen atoms in total. The number of amides is 6. The molecule has 7 atom stereocenters. The lowest BCUT2D eigenvalue weighted by Gasteiger charge is -2.38. The van der Waals surface area contributed by atoms with E-state index < -0.39 is 71.5 Å². The van der Waals surface area contributed by atoms with Gasteiger partial charge in [-0.15, -0.1) is 0 Å². The summed E-state index contributed by atoms with van der Waals surface area (Å²) in [5.41, 5.74) is -0.554. The van der Waals surface area contributed by atoms with E-state index in [1.807, 2.05) is 41.5 Å². The second kappa shape index (κ2) is 19.9. The molecular formula is C39H69N5O8. The smallest absolute Gasteiger partial charge is 0.252 e. The van der Waals surface area contributed by atoms with Gasteiger partial charge < -0.3 is 29.9 Å². The van der Waals surface area contributed by atoms with E-state index >= 15 is 0 Å². The number of hydrogen-bond acceptors (Lipinski definition) is 8. The molecule has 0 aromatic heterocycles. The van der Waals surface area contributed by atoms with Gasteiger partial charge in [0.25, 0.3) is 5.91 Å². The number of unbranched alkanes of at least 4 members (excludes halogenated alkanes) is 4. The molecule has 0 spiro atoms. The molecule has 0 bridgehead atoms. The number of rotatable bonds is 18. The maximum Gasteiger partial charge on any atom is 0.252 e. The molecular weight excluding hydrogens is 666 g/mol. The van der Waals surface area contributed by atoms with E-state index in [1.165, 1.54) is 33.6 Å². The van der Waals surface area contributed by atoms with Crippen molar-refractivity contribution in [1.29, 1.82) is 0 Å². The molecule has 6 amide bonds. The normalized spacial score (nSPS) is 21.7. The highest BCUT2D eigenvalue weighted by molar-refractivity contribution is 6.02. The van der Waals surface area contributed by atoms with Crippen molar-refractivity contribution in [3.63, 3.8) is 0 Å². The van der Waals surface area contributed by atoms with Crippen LogP contribution in [0.5, 0.6) is 0 Å². The molecule has 0 saturated carbocycles. The van der Waals surface area contributed by atoms with Gasteiger partial charge in [-0.3, -0.25) is 33.7 Å². The number of likely N-dealkylation sites (tertiary alicyclic amines) is 2. The number of likely N-dealkylation sites (N-methyl/N-ethyl adjacent to an activating group) is 2. The van der Waals surface area contributed by atoms with Gasteiger partial charge in [0, 0.05) is 45.9 Å². The van der Waals surface area contributed by atoms with E-state index in [2.05, 4.69) is 12.2 Å². The van der Waals surface area contributed by atoms with Gasteiger partial charge in [-0.25, -0.2) is 0 Å². The van der Waals surface area contributed by atoms with Crippen LogP contribution in [0, 0.1) is 11.8 Å². The molecule has 0 aromatic rings. The molecule has 2 saturated heterocycles. The van der Waals surface area contributed by atoms with Crippen LogP contribution < -0.4 is 5.32 Å². The minimum absolute atomic E-state index is 0.0583. The predicted molar refractivity (Wildman–Crippen MR) is 200 cm³/mol. The summed E-state index contributed by atoms with van der Waals surface area (Å²) in [7, 11) is 3.05. The lowest BCUT2D eigenvalue weighted by atomic mass is 9.98. The Morgan fingerprint density at radius 3 is 2.10 bits per heavy atom. The van der Waals surface area contributed by atoms with Crippen LogP contribution >= 0.6 is 0 Å². The van der Waals surface area contributed by atoms with E-state index in [9.17, 15) is 33.9 Å². The van der Waals surface area contributed by atoms with Gasteiger partial charge in [-0.1, -0.05) is 60.3 Å². The molecule has 0 aliphatic carbocycles. The Hall–Kier alpha value is -3.06. The molecule has 0 unspecified atom stereocenters. The Morgan fingerprint density at radius 2 is 1.60 bits per heavy atom. The second-order valence-corrected chi connectivity index (χ2v) is 16.8.